The Kier molecular flexibility index (Phi) is 6.41. The number of aromatic nitrogens is 1. The molecular weight excluding hydrogens is 438 g/mol. The number of hydrogen-bond donors (Lipinski definition) is 2. The molecule has 1 unspecified atom stereocenters. The molecule has 0 radical (unpaired) electrons. The molecule has 154 valence electrons. The van der Waals surface area contributed by atoms with Gasteiger partial charge in [0.1, 0.15) is 0 Å². The van der Waals surface area contributed by atoms with Crippen LogP contribution in [0.1, 0.15) is 19.8 Å². The first-order chi connectivity index (χ1) is 14.5. The van der Waals surface area contributed by atoms with E-state index < -0.39 is 0 Å². The van der Waals surface area contributed by atoms with Gasteiger partial charge in [-0.1, -0.05) is 29.8 Å². The molecule has 1 aliphatic rings. The monoisotopic (exact) mass is 457 g/mol. The Balaban J connectivity index is 1.33. The molecule has 0 spiro atoms. The minimum Gasteiger partial charge on any atom is -0.326 e. The van der Waals surface area contributed by atoms with Gasteiger partial charge in [-0.25, -0.2) is 4.98 Å². The molecule has 0 bridgehead atoms. The fraction of sp³-hybridized carbons (Fsp3) is 0.227. The molecule has 2 N–H and O–H groups in total. The number of amides is 2. The van der Waals surface area contributed by atoms with Gasteiger partial charge in [0.2, 0.25) is 11.8 Å². The highest BCUT2D eigenvalue weighted by Crippen LogP contribution is 2.32. The molecule has 5 nitrogen and oxygen atoms in total. The van der Waals surface area contributed by atoms with Gasteiger partial charge in [-0.15, -0.1) is 23.1 Å². The summed E-state index contributed by atoms with van der Waals surface area (Å²) < 4.78 is 0. The number of halogens is 1. The van der Waals surface area contributed by atoms with Crippen molar-refractivity contribution in [2.24, 2.45) is 5.92 Å². The minimum atomic E-state index is -0.301. The first-order valence-corrected chi connectivity index (χ1v) is 11.7. The average molecular weight is 458 g/mol. The number of benzene rings is 2. The maximum atomic E-state index is 12.6. The maximum absolute atomic E-state index is 12.6. The molecular formula is C22H20ClN3O2S2. The van der Waals surface area contributed by atoms with Gasteiger partial charge in [-0.2, -0.15) is 0 Å². The van der Waals surface area contributed by atoms with E-state index in [0.29, 0.717) is 10.2 Å². The lowest BCUT2D eigenvalue weighted by Crippen LogP contribution is -2.22. The molecule has 1 fully saturated rings. The zero-order chi connectivity index (χ0) is 21.1. The normalized spacial score (nSPS) is 14.2. The topological polar surface area (TPSA) is 71.1 Å². The summed E-state index contributed by atoms with van der Waals surface area (Å²) in [6.07, 6.45) is 1.96. The van der Waals surface area contributed by atoms with Gasteiger partial charge in [0.25, 0.3) is 0 Å². The van der Waals surface area contributed by atoms with Crippen molar-refractivity contribution in [1.82, 2.24) is 4.98 Å². The van der Waals surface area contributed by atoms with Crippen LogP contribution in [-0.2, 0) is 9.59 Å². The van der Waals surface area contributed by atoms with Crippen LogP contribution in [0.15, 0.2) is 58.8 Å². The van der Waals surface area contributed by atoms with E-state index >= 15 is 0 Å². The number of rotatable bonds is 7. The Hall–Kier alpha value is -2.35. The Bertz CT molecular complexity index is 1060. The first-order valence-electron chi connectivity index (χ1n) is 9.58. The molecule has 1 aliphatic carbocycles. The maximum Gasteiger partial charge on any atom is 0.239 e. The molecule has 1 atom stereocenters. The van der Waals surface area contributed by atoms with E-state index in [1.807, 2.05) is 60.8 Å². The van der Waals surface area contributed by atoms with Crippen molar-refractivity contribution in [3.8, 4) is 11.3 Å². The van der Waals surface area contributed by atoms with Crippen molar-refractivity contribution in [3.05, 3.63) is 58.9 Å². The number of nitrogens with one attached hydrogen (secondary N) is 2. The quantitative estimate of drug-likeness (QED) is 0.431. The van der Waals surface area contributed by atoms with Crippen LogP contribution in [-0.4, -0.2) is 22.0 Å². The summed E-state index contributed by atoms with van der Waals surface area (Å²) in [5.74, 6) is 0.140. The molecule has 8 heteroatoms. The lowest BCUT2D eigenvalue weighted by atomic mass is 10.2. The van der Waals surface area contributed by atoms with Crippen molar-refractivity contribution in [3.63, 3.8) is 0 Å². The number of thiazole rings is 1. The molecule has 3 aromatic rings. The Morgan fingerprint density at radius 1 is 1.13 bits per heavy atom. The molecule has 4 rings (SSSR count). The molecule has 0 saturated heterocycles. The van der Waals surface area contributed by atoms with Crippen LogP contribution in [0.25, 0.3) is 11.3 Å². The first kappa shape index (κ1) is 20.9. The van der Waals surface area contributed by atoms with Crippen molar-refractivity contribution in [2.75, 3.05) is 10.6 Å². The Morgan fingerprint density at radius 3 is 2.57 bits per heavy atom. The predicted octanol–water partition coefficient (Wildman–Crippen LogP) is 5.93. The van der Waals surface area contributed by atoms with Crippen LogP contribution < -0.4 is 10.6 Å². The van der Waals surface area contributed by atoms with Gasteiger partial charge >= 0.3 is 0 Å². The third-order valence-electron chi connectivity index (χ3n) is 4.64. The summed E-state index contributed by atoms with van der Waals surface area (Å²) >= 11 is 9.05. The summed E-state index contributed by atoms with van der Waals surface area (Å²) in [5, 5.41) is 8.54. The van der Waals surface area contributed by atoms with Gasteiger partial charge in [0.15, 0.2) is 5.13 Å². The average Bonchev–Trinajstić information content (AvgIpc) is 3.50. The highest BCUT2D eigenvalue weighted by atomic mass is 35.5. The summed E-state index contributed by atoms with van der Waals surface area (Å²) in [4.78, 5) is 29.8. The summed E-state index contributed by atoms with van der Waals surface area (Å²) in [7, 11) is 0. The summed E-state index contributed by atoms with van der Waals surface area (Å²) in [5.41, 5.74) is 2.36. The third-order valence-corrected chi connectivity index (χ3v) is 6.84. The van der Waals surface area contributed by atoms with Crippen LogP contribution in [0.3, 0.4) is 0 Å². The second kappa shape index (κ2) is 9.20. The number of thioether (sulfide) groups is 1. The van der Waals surface area contributed by atoms with E-state index in [4.69, 9.17) is 11.6 Å². The van der Waals surface area contributed by atoms with Crippen molar-refractivity contribution < 1.29 is 9.59 Å². The number of hydrogen-bond acceptors (Lipinski definition) is 5. The number of carbonyl (C=O) groups is 2. The SMILES string of the molecule is CC(Sc1ccc(NC(=O)C2CC2)cc1)C(=O)Nc1nc(-c2ccccc2Cl)cs1. The molecule has 1 saturated carbocycles. The predicted molar refractivity (Wildman–Crippen MR) is 124 cm³/mol. The van der Waals surface area contributed by atoms with Gasteiger partial charge in [0, 0.05) is 32.5 Å². The molecule has 30 heavy (non-hydrogen) atoms. The van der Waals surface area contributed by atoms with Gasteiger partial charge in [-0.05, 0) is 50.1 Å². The van der Waals surface area contributed by atoms with Gasteiger partial charge in [-0.3, -0.25) is 9.59 Å². The second-order valence-corrected chi connectivity index (χ2v) is 9.73. The van der Waals surface area contributed by atoms with Crippen molar-refractivity contribution >= 4 is 57.3 Å². The van der Waals surface area contributed by atoms with Crippen LogP contribution in [0.4, 0.5) is 10.8 Å². The van der Waals surface area contributed by atoms with Crippen molar-refractivity contribution in [2.45, 2.75) is 29.9 Å². The highest BCUT2D eigenvalue weighted by molar-refractivity contribution is 8.00. The van der Waals surface area contributed by atoms with E-state index in [2.05, 4.69) is 15.6 Å². The molecule has 1 heterocycles. The van der Waals surface area contributed by atoms with Gasteiger partial charge in [0.05, 0.1) is 10.9 Å². The lowest BCUT2D eigenvalue weighted by Gasteiger charge is -2.11. The molecule has 2 aromatic carbocycles. The lowest BCUT2D eigenvalue weighted by molar-refractivity contribution is -0.117. The van der Waals surface area contributed by atoms with Gasteiger partial charge < -0.3 is 10.6 Å². The third kappa shape index (κ3) is 5.22. The molecule has 2 amide bonds. The zero-order valence-electron chi connectivity index (χ0n) is 16.2. The summed E-state index contributed by atoms with van der Waals surface area (Å²) in [6.45, 7) is 1.85. The van der Waals surface area contributed by atoms with Crippen LogP contribution >= 0.6 is 34.7 Å². The minimum absolute atomic E-state index is 0.0859. The molecule has 1 aromatic heterocycles. The second-order valence-electron chi connectivity index (χ2n) is 7.05. The zero-order valence-corrected chi connectivity index (χ0v) is 18.6. The van der Waals surface area contributed by atoms with E-state index in [1.165, 1.54) is 23.1 Å². The number of nitrogens with zero attached hydrogens (tertiary/aromatic N) is 1. The highest BCUT2D eigenvalue weighted by Gasteiger charge is 2.29. The Morgan fingerprint density at radius 2 is 1.87 bits per heavy atom. The van der Waals surface area contributed by atoms with E-state index in [1.54, 1.807) is 0 Å². The van der Waals surface area contributed by atoms with Crippen LogP contribution in [0.5, 0.6) is 0 Å². The number of carbonyl (C=O) groups excluding carboxylic acids is 2. The molecule has 0 aliphatic heterocycles. The van der Waals surface area contributed by atoms with Crippen LogP contribution in [0.2, 0.25) is 5.02 Å². The van der Waals surface area contributed by atoms with E-state index in [9.17, 15) is 9.59 Å². The fourth-order valence-electron chi connectivity index (χ4n) is 2.80. The summed E-state index contributed by atoms with van der Waals surface area (Å²) in [6, 6.07) is 15.0. The standard InChI is InChI=1S/C22H20ClN3O2S2/c1-13(30-16-10-8-15(9-11-16)24-21(28)14-6-7-14)20(27)26-22-25-19(12-29-22)17-4-2-3-5-18(17)23/h2-5,8-14H,6-7H2,1H3,(H,24,28)(H,25,26,27). The van der Waals surface area contributed by atoms with Crippen molar-refractivity contribution in [1.29, 1.82) is 0 Å². The smallest absolute Gasteiger partial charge is 0.239 e. The van der Waals surface area contributed by atoms with E-state index in [-0.39, 0.29) is 23.0 Å². The van der Waals surface area contributed by atoms with E-state index in [0.717, 1.165) is 34.7 Å². The Labute approximate surface area is 188 Å². The number of anilines is 2. The fourth-order valence-corrected chi connectivity index (χ4v) is 4.61. The van der Waals surface area contributed by atoms with Crippen LogP contribution in [0, 0.1) is 5.92 Å². The largest absolute Gasteiger partial charge is 0.326 e.